The standard InChI is InChI=1S/C16H19N5O3S/c22-16-15-9-14(2-1-12(15)3-6-18-16)25(23,24)20-7-4-13(5-8-20)21-11-17-10-19-21/h1-2,9-11,13H,3-8H2,(H,18,22). The fraction of sp³-hybridized carbons (Fsp3) is 0.438. The maximum Gasteiger partial charge on any atom is 0.251 e. The van der Waals surface area contributed by atoms with E-state index in [-0.39, 0.29) is 16.8 Å². The zero-order valence-corrected chi connectivity index (χ0v) is 14.4. The molecule has 1 saturated heterocycles. The highest BCUT2D eigenvalue weighted by molar-refractivity contribution is 7.89. The Bertz CT molecular complexity index is 886. The van der Waals surface area contributed by atoms with Gasteiger partial charge >= 0.3 is 0 Å². The van der Waals surface area contributed by atoms with Gasteiger partial charge in [0.1, 0.15) is 12.7 Å². The third-order valence-electron chi connectivity index (χ3n) is 4.88. The second-order valence-electron chi connectivity index (χ2n) is 6.34. The highest BCUT2D eigenvalue weighted by atomic mass is 32.2. The van der Waals surface area contributed by atoms with Gasteiger partial charge in [-0.3, -0.25) is 4.79 Å². The fourth-order valence-corrected chi connectivity index (χ4v) is 4.95. The predicted octanol–water partition coefficient (Wildman–Crippen LogP) is 0.590. The lowest BCUT2D eigenvalue weighted by atomic mass is 10.0. The molecule has 3 heterocycles. The normalized spacial score (nSPS) is 19.4. The molecule has 0 unspecified atom stereocenters. The van der Waals surface area contributed by atoms with Crippen LogP contribution in [0.4, 0.5) is 0 Å². The fourth-order valence-electron chi connectivity index (χ4n) is 3.45. The van der Waals surface area contributed by atoms with Gasteiger partial charge in [-0.2, -0.15) is 9.40 Å². The first-order valence-electron chi connectivity index (χ1n) is 8.31. The van der Waals surface area contributed by atoms with Crippen LogP contribution in [0.1, 0.15) is 34.8 Å². The Morgan fingerprint density at radius 1 is 1.20 bits per heavy atom. The van der Waals surface area contributed by atoms with E-state index in [1.807, 2.05) is 0 Å². The molecule has 0 bridgehead atoms. The molecule has 4 rings (SSSR count). The van der Waals surface area contributed by atoms with Crippen LogP contribution in [-0.4, -0.2) is 53.0 Å². The van der Waals surface area contributed by atoms with Crippen molar-refractivity contribution in [1.82, 2.24) is 24.4 Å². The molecule has 9 heteroatoms. The van der Waals surface area contributed by atoms with E-state index in [1.165, 1.54) is 16.7 Å². The van der Waals surface area contributed by atoms with Crippen molar-refractivity contribution in [2.24, 2.45) is 0 Å². The van der Waals surface area contributed by atoms with Gasteiger partial charge in [-0.25, -0.2) is 18.1 Å². The zero-order valence-electron chi connectivity index (χ0n) is 13.6. The number of carbonyl (C=O) groups is 1. The van der Waals surface area contributed by atoms with E-state index in [0.29, 0.717) is 38.0 Å². The highest BCUT2D eigenvalue weighted by Gasteiger charge is 2.31. The Kier molecular flexibility index (Phi) is 4.04. The number of aromatic nitrogens is 3. The molecule has 8 nitrogen and oxygen atoms in total. The molecule has 1 fully saturated rings. The predicted molar refractivity (Wildman–Crippen MR) is 89.5 cm³/mol. The maximum atomic E-state index is 12.9. The number of piperidine rings is 1. The van der Waals surface area contributed by atoms with Crippen LogP contribution < -0.4 is 5.32 Å². The summed E-state index contributed by atoms with van der Waals surface area (Å²) in [6.07, 6.45) is 5.25. The molecule has 132 valence electrons. The average molecular weight is 361 g/mol. The molecule has 1 aromatic heterocycles. The number of benzene rings is 1. The molecule has 0 radical (unpaired) electrons. The van der Waals surface area contributed by atoms with Crippen LogP contribution in [0.25, 0.3) is 0 Å². The minimum absolute atomic E-state index is 0.170. The first kappa shape index (κ1) is 16.2. The number of nitrogens with one attached hydrogen (secondary N) is 1. The van der Waals surface area contributed by atoms with Gasteiger partial charge in [0, 0.05) is 25.2 Å². The number of sulfonamides is 1. The molecule has 2 aliphatic heterocycles. The second kappa shape index (κ2) is 6.23. The lowest BCUT2D eigenvalue weighted by molar-refractivity contribution is 0.0945. The molecule has 0 spiro atoms. The number of hydrogen-bond acceptors (Lipinski definition) is 5. The van der Waals surface area contributed by atoms with Crippen LogP contribution in [0.3, 0.4) is 0 Å². The van der Waals surface area contributed by atoms with Gasteiger partial charge < -0.3 is 5.32 Å². The van der Waals surface area contributed by atoms with E-state index in [9.17, 15) is 13.2 Å². The van der Waals surface area contributed by atoms with Crippen LogP contribution in [0.2, 0.25) is 0 Å². The van der Waals surface area contributed by atoms with Gasteiger partial charge in [-0.1, -0.05) is 6.07 Å². The van der Waals surface area contributed by atoms with E-state index < -0.39 is 10.0 Å². The van der Waals surface area contributed by atoms with Crippen LogP contribution in [0, 0.1) is 0 Å². The van der Waals surface area contributed by atoms with Gasteiger partial charge in [-0.05, 0) is 37.0 Å². The summed E-state index contributed by atoms with van der Waals surface area (Å²) in [5.41, 5.74) is 1.36. The van der Waals surface area contributed by atoms with Crippen LogP contribution in [-0.2, 0) is 16.4 Å². The van der Waals surface area contributed by atoms with Crippen molar-refractivity contribution in [3.05, 3.63) is 42.0 Å². The topological polar surface area (TPSA) is 97.2 Å². The highest BCUT2D eigenvalue weighted by Crippen LogP contribution is 2.27. The first-order valence-corrected chi connectivity index (χ1v) is 9.75. The monoisotopic (exact) mass is 361 g/mol. The van der Waals surface area contributed by atoms with Crippen molar-refractivity contribution in [2.75, 3.05) is 19.6 Å². The van der Waals surface area contributed by atoms with Crippen molar-refractivity contribution in [3.8, 4) is 0 Å². The maximum absolute atomic E-state index is 12.9. The summed E-state index contributed by atoms with van der Waals surface area (Å²) in [7, 11) is -3.60. The third kappa shape index (κ3) is 2.93. The van der Waals surface area contributed by atoms with Gasteiger partial charge in [0.25, 0.3) is 5.91 Å². The largest absolute Gasteiger partial charge is 0.352 e. The van der Waals surface area contributed by atoms with E-state index in [1.54, 1.807) is 23.1 Å². The number of nitrogens with zero attached hydrogens (tertiary/aromatic N) is 4. The Morgan fingerprint density at radius 2 is 2.00 bits per heavy atom. The van der Waals surface area contributed by atoms with Gasteiger partial charge in [0.05, 0.1) is 10.9 Å². The Balaban J connectivity index is 1.54. The summed E-state index contributed by atoms with van der Waals surface area (Å²) < 4.78 is 29.1. The van der Waals surface area contributed by atoms with E-state index in [0.717, 1.165) is 12.0 Å². The number of amides is 1. The van der Waals surface area contributed by atoms with E-state index in [2.05, 4.69) is 15.4 Å². The van der Waals surface area contributed by atoms with Crippen LogP contribution in [0.5, 0.6) is 0 Å². The minimum Gasteiger partial charge on any atom is -0.352 e. The second-order valence-corrected chi connectivity index (χ2v) is 8.27. The average Bonchev–Trinajstić information content (AvgIpc) is 3.16. The zero-order chi connectivity index (χ0) is 17.4. The summed E-state index contributed by atoms with van der Waals surface area (Å²) in [5, 5.41) is 6.89. The van der Waals surface area contributed by atoms with Gasteiger partial charge in [-0.15, -0.1) is 0 Å². The molecule has 1 aromatic carbocycles. The minimum atomic E-state index is -3.60. The van der Waals surface area contributed by atoms with Gasteiger partial charge in [0.15, 0.2) is 0 Å². The van der Waals surface area contributed by atoms with Crippen molar-refractivity contribution < 1.29 is 13.2 Å². The van der Waals surface area contributed by atoms with Crippen molar-refractivity contribution in [1.29, 1.82) is 0 Å². The van der Waals surface area contributed by atoms with Crippen molar-refractivity contribution in [2.45, 2.75) is 30.2 Å². The van der Waals surface area contributed by atoms with Crippen molar-refractivity contribution in [3.63, 3.8) is 0 Å². The van der Waals surface area contributed by atoms with Crippen LogP contribution in [0.15, 0.2) is 35.7 Å². The molecular formula is C16H19N5O3S. The number of carbonyl (C=O) groups excluding carboxylic acids is 1. The summed E-state index contributed by atoms with van der Waals surface area (Å²) in [6.45, 7) is 1.44. The Labute approximate surface area is 145 Å². The molecule has 25 heavy (non-hydrogen) atoms. The molecule has 1 amide bonds. The summed E-state index contributed by atoms with van der Waals surface area (Å²) in [5.74, 6) is -0.205. The van der Waals surface area contributed by atoms with E-state index in [4.69, 9.17) is 0 Å². The number of hydrogen-bond donors (Lipinski definition) is 1. The number of rotatable bonds is 3. The molecule has 2 aliphatic rings. The van der Waals surface area contributed by atoms with Crippen LogP contribution >= 0.6 is 0 Å². The van der Waals surface area contributed by atoms with Crippen molar-refractivity contribution >= 4 is 15.9 Å². The molecule has 1 N–H and O–H groups in total. The molecule has 0 saturated carbocycles. The Morgan fingerprint density at radius 3 is 2.72 bits per heavy atom. The molecule has 0 atom stereocenters. The van der Waals surface area contributed by atoms with E-state index >= 15 is 0 Å². The quantitative estimate of drug-likeness (QED) is 0.863. The first-order chi connectivity index (χ1) is 12.1. The molecule has 0 aliphatic carbocycles. The lowest BCUT2D eigenvalue weighted by Gasteiger charge is -2.31. The Hall–Kier alpha value is -2.26. The third-order valence-corrected chi connectivity index (χ3v) is 6.77. The number of fused-ring (bicyclic) bond motifs is 1. The van der Waals surface area contributed by atoms with Gasteiger partial charge in [0.2, 0.25) is 10.0 Å². The summed E-state index contributed by atoms with van der Waals surface area (Å²) in [4.78, 5) is 16.1. The lowest BCUT2D eigenvalue weighted by Crippen LogP contribution is -2.39. The molecule has 2 aromatic rings. The SMILES string of the molecule is O=C1NCCc2ccc(S(=O)(=O)N3CCC(n4cncn4)CC3)cc21. The summed E-state index contributed by atoms with van der Waals surface area (Å²) >= 11 is 0. The smallest absolute Gasteiger partial charge is 0.251 e. The summed E-state index contributed by atoms with van der Waals surface area (Å²) in [6, 6.07) is 5.03. The molecular weight excluding hydrogens is 342 g/mol.